The fourth-order valence-electron chi connectivity index (χ4n) is 4.06. The average Bonchev–Trinajstić information content (AvgIpc) is 3.07. The molecule has 0 spiro atoms. The minimum atomic E-state index is 0. The lowest BCUT2D eigenvalue weighted by atomic mass is 9.94. The average molecular weight is 467 g/mol. The van der Waals surface area contributed by atoms with Crippen LogP contribution in [-0.4, -0.2) is 36.5 Å². The fourth-order valence-corrected chi connectivity index (χ4v) is 4.32. The molecule has 0 aromatic heterocycles. The van der Waals surface area contributed by atoms with Crippen LogP contribution in [0.25, 0.3) is 0 Å². The van der Waals surface area contributed by atoms with Crippen LogP contribution >= 0.6 is 40.7 Å². The van der Waals surface area contributed by atoms with Crippen molar-refractivity contribution >= 4 is 46.7 Å². The summed E-state index contributed by atoms with van der Waals surface area (Å²) in [5.74, 6) is 0.785. The Bertz CT molecular complexity index is 550. The third-order valence-electron chi connectivity index (χ3n) is 5.55. The molecule has 4 nitrogen and oxygen atoms in total. The summed E-state index contributed by atoms with van der Waals surface area (Å²) >= 11 is 3.48. The molecule has 1 heterocycles. The molecule has 0 radical (unpaired) electrons. The topological polar surface area (TPSA) is 58.4 Å². The van der Waals surface area contributed by atoms with Crippen LogP contribution in [0.4, 0.5) is 0 Å². The number of halogens is 3. The number of rotatable bonds is 5. The van der Waals surface area contributed by atoms with E-state index < -0.39 is 0 Å². The summed E-state index contributed by atoms with van der Waals surface area (Å²) in [6.07, 6.45) is 5.35. The third-order valence-corrected chi connectivity index (χ3v) is 6.08. The van der Waals surface area contributed by atoms with Crippen LogP contribution < -0.4 is 11.1 Å². The van der Waals surface area contributed by atoms with Crippen molar-refractivity contribution in [2.24, 2.45) is 17.6 Å². The van der Waals surface area contributed by atoms with Gasteiger partial charge in [-0.3, -0.25) is 9.69 Å². The second kappa shape index (κ2) is 11.5. The Hall–Kier alpha value is -0.330. The molecular weight excluding hydrogens is 437 g/mol. The van der Waals surface area contributed by atoms with Crippen LogP contribution in [0.3, 0.4) is 0 Å². The normalized spacial score (nSPS) is 23.8. The minimum absolute atomic E-state index is 0. The molecule has 7 heteroatoms. The largest absolute Gasteiger partial charge is 0.353 e. The molecule has 0 bridgehead atoms. The van der Waals surface area contributed by atoms with Crippen LogP contribution in [0, 0.1) is 11.8 Å². The van der Waals surface area contributed by atoms with Gasteiger partial charge >= 0.3 is 0 Å². The molecule has 3 rings (SSSR count). The van der Waals surface area contributed by atoms with Gasteiger partial charge in [-0.25, -0.2) is 0 Å². The summed E-state index contributed by atoms with van der Waals surface area (Å²) in [4.78, 5) is 15.0. The highest BCUT2D eigenvalue weighted by Crippen LogP contribution is 2.31. The molecule has 1 saturated carbocycles. The lowest BCUT2D eigenvalue weighted by molar-refractivity contribution is -0.127. The highest BCUT2D eigenvalue weighted by atomic mass is 79.9. The van der Waals surface area contributed by atoms with Crippen LogP contribution in [-0.2, 0) is 11.3 Å². The van der Waals surface area contributed by atoms with Crippen molar-refractivity contribution in [1.82, 2.24) is 10.2 Å². The molecular formula is C19H30BrCl2N3O. The summed E-state index contributed by atoms with van der Waals surface area (Å²) in [5, 5.41) is 3.29. The zero-order chi connectivity index (χ0) is 16.9. The molecule has 1 saturated heterocycles. The molecule has 1 aromatic carbocycles. The quantitative estimate of drug-likeness (QED) is 0.694. The monoisotopic (exact) mass is 465 g/mol. The molecule has 2 atom stereocenters. The van der Waals surface area contributed by atoms with E-state index in [1.54, 1.807) is 0 Å². The van der Waals surface area contributed by atoms with E-state index in [0.717, 1.165) is 56.2 Å². The summed E-state index contributed by atoms with van der Waals surface area (Å²) in [6, 6.07) is 8.86. The Morgan fingerprint density at radius 1 is 1.12 bits per heavy atom. The first kappa shape index (κ1) is 23.7. The van der Waals surface area contributed by atoms with Crippen LogP contribution in [0.15, 0.2) is 28.7 Å². The van der Waals surface area contributed by atoms with E-state index in [4.69, 9.17) is 5.73 Å². The van der Waals surface area contributed by atoms with Crippen molar-refractivity contribution in [3.8, 4) is 0 Å². The molecule has 1 amide bonds. The van der Waals surface area contributed by atoms with Gasteiger partial charge in [0.05, 0.1) is 0 Å². The maximum Gasteiger partial charge on any atom is 0.223 e. The number of benzene rings is 1. The van der Waals surface area contributed by atoms with Gasteiger partial charge in [0.2, 0.25) is 5.91 Å². The van der Waals surface area contributed by atoms with Crippen molar-refractivity contribution in [2.45, 2.75) is 44.7 Å². The standard InChI is InChI=1S/C19H28BrN3O.2ClH/c20-16-6-4-14(5-7-16)13-23-10-8-17(9-11-23)22-19(24)18-3-1-2-15(18)12-21;;/h4-7,15,17-18H,1-3,8-13,21H2,(H,22,24);2*1H/t15-,18-;;/m1../s1. The Balaban J connectivity index is 0.00000169. The maximum atomic E-state index is 12.5. The van der Waals surface area contributed by atoms with Gasteiger partial charge in [-0.1, -0.05) is 34.5 Å². The van der Waals surface area contributed by atoms with Gasteiger partial charge in [0.1, 0.15) is 0 Å². The molecule has 1 aliphatic heterocycles. The Labute approximate surface area is 177 Å². The number of piperidine rings is 1. The molecule has 2 aliphatic rings. The lowest BCUT2D eigenvalue weighted by Gasteiger charge is -2.33. The van der Waals surface area contributed by atoms with E-state index >= 15 is 0 Å². The molecule has 148 valence electrons. The fraction of sp³-hybridized carbons (Fsp3) is 0.632. The van der Waals surface area contributed by atoms with Crippen molar-refractivity contribution in [3.05, 3.63) is 34.3 Å². The van der Waals surface area contributed by atoms with Crippen molar-refractivity contribution in [2.75, 3.05) is 19.6 Å². The van der Waals surface area contributed by atoms with Gasteiger partial charge in [0.25, 0.3) is 0 Å². The number of likely N-dealkylation sites (tertiary alicyclic amines) is 1. The van der Waals surface area contributed by atoms with E-state index in [0.29, 0.717) is 18.5 Å². The predicted octanol–water partition coefficient (Wildman–Crippen LogP) is 3.75. The zero-order valence-corrected chi connectivity index (χ0v) is 18.3. The van der Waals surface area contributed by atoms with Gasteiger partial charge in [-0.15, -0.1) is 24.8 Å². The first-order chi connectivity index (χ1) is 11.7. The van der Waals surface area contributed by atoms with Gasteiger partial charge < -0.3 is 11.1 Å². The number of nitrogens with one attached hydrogen (secondary N) is 1. The maximum absolute atomic E-state index is 12.5. The zero-order valence-electron chi connectivity index (χ0n) is 15.0. The van der Waals surface area contributed by atoms with E-state index in [2.05, 4.69) is 50.4 Å². The molecule has 26 heavy (non-hydrogen) atoms. The first-order valence-electron chi connectivity index (χ1n) is 9.13. The first-order valence-corrected chi connectivity index (χ1v) is 9.92. The predicted molar refractivity (Wildman–Crippen MR) is 115 cm³/mol. The molecule has 1 aliphatic carbocycles. The lowest BCUT2D eigenvalue weighted by Crippen LogP contribution is -2.47. The van der Waals surface area contributed by atoms with E-state index in [9.17, 15) is 4.79 Å². The van der Waals surface area contributed by atoms with Crippen LogP contribution in [0.1, 0.15) is 37.7 Å². The molecule has 3 N–H and O–H groups in total. The van der Waals surface area contributed by atoms with E-state index in [-0.39, 0.29) is 36.6 Å². The number of amides is 1. The van der Waals surface area contributed by atoms with Crippen LogP contribution in [0.5, 0.6) is 0 Å². The van der Waals surface area contributed by atoms with E-state index in [1.165, 1.54) is 5.56 Å². The Morgan fingerprint density at radius 3 is 2.38 bits per heavy atom. The molecule has 1 aromatic rings. The number of nitrogens with zero attached hydrogens (tertiary/aromatic N) is 1. The second-order valence-electron chi connectivity index (χ2n) is 7.22. The number of nitrogens with two attached hydrogens (primary N) is 1. The summed E-state index contributed by atoms with van der Waals surface area (Å²) < 4.78 is 1.12. The smallest absolute Gasteiger partial charge is 0.223 e. The van der Waals surface area contributed by atoms with Gasteiger partial charge in [-0.05, 0) is 55.8 Å². The van der Waals surface area contributed by atoms with Gasteiger partial charge in [0.15, 0.2) is 0 Å². The number of carbonyl (C=O) groups excluding carboxylic acids is 1. The van der Waals surface area contributed by atoms with Crippen molar-refractivity contribution in [3.63, 3.8) is 0 Å². The summed E-state index contributed by atoms with van der Waals surface area (Å²) in [5.41, 5.74) is 7.15. The Kier molecular flexibility index (Phi) is 10.5. The highest BCUT2D eigenvalue weighted by molar-refractivity contribution is 9.10. The SMILES string of the molecule is Cl.Cl.NC[C@H]1CCC[C@H]1C(=O)NC1CCN(Cc2ccc(Br)cc2)CC1. The number of carbonyl (C=O) groups is 1. The van der Waals surface area contributed by atoms with Gasteiger partial charge in [0, 0.05) is 36.1 Å². The Morgan fingerprint density at radius 2 is 1.77 bits per heavy atom. The van der Waals surface area contributed by atoms with E-state index in [1.807, 2.05) is 0 Å². The van der Waals surface area contributed by atoms with Gasteiger partial charge in [-0.2, -0.15) is 0 Å². The summed E-state index contributed by atoms with van der Waals surface area (Å²) in [6.45, 7) is 3.73. The highest BCUT2D eigenvalue weighted by Gasteiger charge is 2.33. The molecule has 0 unspecified atom stereocenters. The minimum Gasteiger partial charge on any atom is -0.353 e. The van der Waals surface area contributed by atoms with Crippen LogP contribution in [0.2, 0.25) is 0 Å². The second-order valence-corrected chi connectivity index (χ2v) is 8.13. The number of hydrogen-bond donors (Lipinski definition) is 2. The number of hydrogen-bond acceptors (Lipinski definition) is 3. The van der Waals surface area contributed by atoms with Crippen molar-refractivity contribution in [1.29, 1.82) is 0 Å². The van der Waals surface area contributed by atoms with Crippen molar-refractivity contribution < 1.29 is 4.79 Å². The molecule has 2 fully saturated rings. The summed E-state index contributed by atoms with van der Waals surface area (Å²) in [7, 11) is 0. The third kappa shape index (κ3) is 6.38.